The lowest BCUT2D eigenvalue weighted by Crippen LogP contribution is -2.47. The first kappa shape index (κ1) is 17.1. The molecule has 2 saturated carbocycles. The van der Waals surface area contributed by atoms with E-state index in [1.807, 2.05) is 6.07 Å². The molecule has 144 valence electrons. The maximum Gasteiger partial charge on any atom is 0.226 e. The Bertz CT molecular complexity index is 876. The number of hydrogen-bond acceptors (Lipinski definition) is 7. The van der Waals surface area contributed by atoms with Gasteiger partial charge in [-0.1, -0.05) is 18.2 Å². The molecule has 2 heterocycles. The highest BCUT2D eigenvalue weighted by molar-refractivity contribution is 5.69. The van der Waals surface area contributed by atoms with E-state index >= 15 is 0 Å². The summed E-state index contributed by atoms with van der Waals surface area (Å²) in [4.78, 5) is 14.0. The number of nitrogens with one attached hydrogen (secondary N) is 2. The zero-order valence-electron chi connectivity index (χ0n) is 15.9. The minimum atomic E-state index is 0.443. The number of rotatable bonds is 6. The second-order valence-electron chi connectivity index (χ2n) is 7.85. The van der Waals surface area contributed by atoms with Crippen LogP contribution in [0.4, 0.5) is 23.3 Å². The van der Waals surface area contributed by atoms with E-state index in [4.69, 9.17) is 4.98 Å². The van der Waals surface area contributed by atoms with Crippen molar-refractivity contribution < 1.29 is 0 Å². The van der Waals surface area contributed by atoms with Crippen LogP contribution in [0, 0.1) is 11.3 Å². The fourth-order valence-corrected chi connectivity index (χ4v) is 3.60. The fraction of sp³-hybridized carbons (Fsp3) is 0.476. The molecule has 3 fully saturated rings. The Balaban J connectivity index is 1.39. The second-order valence-corrected chi connectivity index (χ2v) is 7.85. The number of hydrogen-bond donors (Lipinski definition) is 2. The summed E-state index contributed by atoms with van der Waals surface area (Å²) in [6.45, 7) is 3.50. The van der Waals surface area contributed by atoms with Crippen LogP contribution in [0.5, 0.6) is 0 Å². The van der Waals surface area contributed by atoms with Crippen LogP contribution in [0.15, 0.2) is 30.3 Å². The highest BCUT2D eigenvalue weighted by Gasteiger charge is 2.29. The van der Waals surface area contributed by atoms with Crippen LogP contribution in [0.3, 0.4) is 0 Å². The first-order valence-corrected chi connectivity index (χ1v) is 10.2. The Morgan fingerprint density at radius 1 is 0.857 bits per heavy atom. The van der Waals surface area contributed by atoms with Crippen LogP contribution in [-0.4, -0.2) is 48.2 Å². The normalized spacial score (nSPS) is 19.2. The van der Waals surface area contributed by atoms with Gasteiger partial charge in [0.2, 0.25) is 5.95 Å². The van der Waals surface area contributed by atoms with Gasteiger partial charge in [0.1, 0.15) is 11.6 Å². The quantitative estimate of drug-likeness (QED) is 0.803. The van der Waals surface area contributed by atoms with Crippen LogP contribution in [0.2, 0.25) is 0 Å². The van der Waals surface area contributed by atoms with Crippen molar-refractivity contribution in [1.82, 2.24) is 9.97 Å². The topological polar surface area (TPSA) is 80.1 Å². The second kappa shape index (κ2) is 7.19. The maximum absolute atomic E-state index is 9.85. The summed E-state index contributed by atoms with van der Waals surface area (Å²) >= 11 is 0. The zero-order valence-corrected chi connectivity index (χ0v) is 15.9. The highest BCUT2D eigenvalue weighted by Crippen LogP contribution is 2.32. The molecule has 28 heavy (non-hydrogen) atoms. The van der Waals surface area contributed by atoms with E-state index in [0.29, 0.717) is 29.4 Å². The van der Waals surface area contributed by atoms with E-state index in [9.17, 15) is 5.26 Å². The van der Waals surface area contributed by atoms with Gasteiger partial charge < -0.3 is 20.4 Å². The van der Waals surface area contributed by atoms with Crippen molar-refractivity contribution in [2.45, 2.75) is 37.8 Å². The van der Waals surface area contributed by atoms with E-state index in [0.717, 1.165) is 44.8 Å². The van der Waals surface area contributed by atoms with Crippen LogP contribution in [0.25, 0.3) is 0 Å². The standard InChI is InChI=1S/C21H25N7/c22-14-18-19(23-15-6-7-15)25-21(24-16-8-9-16)26-20(18)28-12-10-27(11-13-28)17-4-2-1-3-5-17/h1-5,15-16H,6-13H2,(H2,23,24,25,26). The molecule has 5 rings (SSSR count). The van der Waals surface area contributed by atoms with Gasteiger partial charge in [-0.2, -0.15) is 15.2 Å². The molecular weight excluding hydrogens is 350 g/mol. The van der Waals surface area contributed by atoms with E-state index in [-0.39, 0.29) is 0 Å². The van der Waals surface area contributed by atoms with Gasteiger partial charge in [0, 0.05) is 44.0 Å². The van der Waals surface area contributed by atoms with E-state index in [1.165, 1.54) is 18.5 Å². The Morgan fingerprint density at radius 2 is 1.50 bits per heavy atom. The molecular formula is C21H25N7. The predicted molar refractivity (Wildman–Crippen MR) is 111 cm³/mol. The van der Waals surface area contributed by atoms with Crippen molar-refractivity contribution in [2.24, 2.45) is 0 Å². The lowest BCUT2D eigenvalue weighted by Gasteiger charge is -2.37. The monoisotopic (exact) mass is 375 g/mol. The lowest BCUT2D eigenvalue weighted by molar-refractivity contribution is 0.646. The molecule has 1 aliphatic heterocycles. The van der Waals surface area contributed by atoms with E-state index < -0.39 is 0 Å². The maximum atomic E-state index is 9.85. The van der Waals surface area contributed by atoms with E-state index in [2.05, 4.69) is 55.8 Å². The molecule has 0 spiro atoms. The van der Waals surface area contributed by atoms with Gasteiger partial charge in [-0.3, -0.25) is 0 Å². The average molecular weight is 375 g/mol. The minimum Gasteiger partial charge on any atom is -0.368 e. The fourth-order valence-electron chi connectivity index (χ4n) is 3.60. The smallest absolute Gasteiger partial charge is 0.226 e. The van der Waals surface area contributed by atoms with Gasteiger partial charge in [-0.05, 0) is 37.8 Å². The number of nitriles is 1. The number of piperazine rings is 1. The molecule has 0 bridgehead atoms. The Labute approximate surface area is 165 Å². The molecule has 7 nitrogen and oxygen atoms in total. The molecule has 1 aromatic heterocycles. The third-order valence-corrected chi connectivity index (χ3v) is 5.53. The van der Waals surface area contributed by atoms with Crippen molar-refractivity contribution in [1.29, 1.82) is 5.26 Å². The van der Waals surface area contributed by atoms with Gasteiger partial charge in [-0.25, -0.2) is 0 Å². The van der Waals surface area contributed by atoms with Gasteiger partial charge in [0.15, 0.2) is 11.6 Å². The number of para-hydroxylation sites is 1. The van der Waals surface area contributed by atoms with Crippen molar-refractivity contribution in [3.63, 3.8) is 0 Å². The van der Waals surface area contributed by atoms with Gasteiger partial charge in [0.05, 0.1) is 0 Å². The highest BCUT2D eigenvalue weighted by atomic mass is 15.3. The first-order valence-electron chi connectivity index (χ1n) is 10.2. The average Bonchev–Trinajstić information content (AvgIpc) is 3.66. The summed E-state index contributed by atoms with van der Waals surface area (Å²) in [7, 11) is 0. The van der Waals surface area contributed by atoms with Crippen LogP contribution >= 0.6 is 0 Å². The van der Waals surface area contributed by atoms with E-state index in [1.54, 1.807) is 0 Å². The Morgan fingerprint density at radius 3 is 2.14 bits per heavy atom. The molecule has 2 aliphatic carbocycles. The van der Waals surface area contributed by atoms with Crippen LogP contribution < -0.4 is 20.4 Å². The van der Waals surface area contributed by atoms with Crippen molar-refractivity contribution in [3.8, 4) is 6.07 Å². The molecule has 0 radical (unpaired) electrons. The Hall–Kier alpha value is -3.01. The summed E-state index contributed by atoms with van der Waals surface area (Å²) in [5.74, 6) is 2.09. The number of benzene rings is 1. The number of aromatic nitrogens is 2. The molecule has 2 N–H and O–H groups in total. The van der Waals surface area contributed by atoms with Crippen LogP contribution in [0.1, 0.15) is 31.2 Å². The SMILES string of the molecule is N#Cc1c(NC2CC2)nc(NC2CC2)nc1N1CCN(c2ccccc2)CC1. The first-order chi connectivity index (χ1) is 13.8. The molecule has 2 aromatic rings. The van der Waals surface area contributed by atoms with Crippen molar-refractivity contribution >= 4 is 23.3 Å². The van der Waals surface area contributed by atoms with Crippen LogP contribution in [-0.2, 0) is 0 Å². The summed E-state index contributed by atoms with van der Waals surface area (Å²) in [5, 5.41) is 16.7. The van der Waals surface area contributed by atoms with Gasteiger partial charge in [-0.15, -0.1) is 0 Å². The third-order valence-electron chi connectivity index (χ3n) is 5.53. The summed E-state index contributed by atoms with van der Waals surface area (Å²) in [6, 6.07) is 13.8. The third kappa shape index (κ3) is 3.68. The minimum absolute atomic E-state index is 0.443. The molecule has 1 saturated heterocycles. The molecule has 3 aliphatic rings. The summed E-state index contributed by atoms with van der Waals surface area (Å²) < 4.78 is 0. The summed E-state index contributed by atoms with van der Waals surface area (Å²) in [6.07, 6.45) is 4.62. The predicted octanol–water partition coefficient (Wildman–Crippen LogP) is 2.82. The molecule has 7 heteroatoms. The van der Waals surface area contributed by atoms with Crippen molar-refractivity contribution in [3.05, 3.63) is 35.9 Å². The molecule has 0 atom stereocenters. The molecule has 0 amide bonds. The largest absolute Gasteiger partial charge is 0.368 e. The van der Waals surface area contributed by atoms with Gasteiger partial charge >= 0.3 is 0 Å². The number of nitrogens with zero attached hydrogens (tertiary/aromatic N) is 5. The number of anilines is 4. The lowest BCUT2D eigenvalue weighted by atomic mass is 10.2. The zero-order chi connectivity index (χ0) is 18.9. The summed E-state index contributed by atoms with van der Waals surface area (Å²) in [5.41, 5.74) is 1.82. The van der Waals surface area contributed by atoms with Gasteiger partial charge in [0.25, 0.3) is 0 Å². The Kier molecular flexibility index (Phi) is 4.40. The molecule has 1 aromatic carbocycles. The molecule has 0 unspecified atom stereocenters. The van der Waals surface area contributed by atoms with Crippen molar-refractivity contribution in [2.75, 3.05) is 46.6 Å².